The fourth-order valence-corrected chi connectivity index (χ4v) is 4.67. The first-order valence-electron chi connectivity index (χ1n) is 13.0. The van der Waals surface area contributed by atoms with Crippen molar-refractivity contribution in [1.29, 1.82) is 0 Å². The minimum Gasteiger partial charge on any atom is -0.374 e. The van der Waals surface area contributed by atoms with Crippen molar-refractivity contribution in [3.63, 3.8) is 0 Å². The molecule has 1 saturated heterocycles. The average molecular weight is 509 g/mol. The van der Waals surface area contributed by atoms with E-state index in [-0.39, 0.29) is 25.0 Å². The van der Waals surface area contributed by atoms with Crippen LogP contribution in [-0.4, -0.2) is 60.4 Å². The molecule has 4 N–H and O–H groups in total. The number of nitrogens with two attached hydrogens (primary N) is 1. The van der Waals surface area contributed by atoms with Crippen molar-refractivity contribution in [3.8, 4) is 0 Å². The molecule has 2 aromatic carbocycles. The van der Waals surface area contributed by atoms with E-state index in [1.807, 2.05) is 67.6 Å². The van der Waals surface area contributed by atoms with Crippen LogP contribution < -0.4 is 16.4 Å². The lowest BCUT2D eigenvalue weighted by Crippen LogP contribution is -2.61. The number of hydrogen-bond donors (Lipinski definition) is 3. The van der Waals surface area contributed by atoms with Crippen molar-refractivity contribution in [2.75, 3.05) is 26.2 Å². The van der Waals surface area contributed by atoms with Gasteiger partial charge in [0, 0.05) is 19.6 Å². The van der Waals surface area contributed by atoms with Crippen LogP contribution in [0, 0.1) is 5.41 Å². The highest BCUT2D eigenvalue weighted by Crippen LogP contribution is 2.34. The van der Waals surface area contributed by atoms with E-state index in [2.05, 4.69) is 10.6 Å². The van der Waals surface area contributed by atoms with E-state index in [4.69, 9.17) is 10.5 Å². The van der Waals surface area contributed by atoms with Crippen LogP contribution in [0.2, 0.25) is 0 Å². The molecule has 2 aromatic rings. The Balaban J connectivity index is 1.79. The van der Waals surface area contributed by atoms with Crippen molar-refractivity contribution in [3.05, 3.63) is 71.8 Å². The van der Waals surface area contributed by atoms with Gasteiger partial charge < -0.3 is 26.0 Å². The molecule has 1 heterocycles. The molecule has 0 spiro atoms. The normalized spacial score (nSPS) is 18.6. The molecule has 3 rings (SSSR count). The van der Waals surface area contributed by atoms with Gasteiger partial charge in [-0.15, -0.1) is 0 Å². The van der Waals surface area contributed by atoms with Crippen molar-refractivity contribution in [2.24, 2.45) is 11.1 Å². The van der Waals surface area contributed by atoms with Crippen LogP contribution >= 0.6 is 0 Å². The Morgan fingerprint density at radius 2 is 1.68 bits per heavy atom. The zero-order valence-corrected chi connectivity index (χ0v) is 22.2. The van der Waals surface area contributed by atoms with Gasteiger partial charge in [0.15, 0.2) is 0 Å². The summed E-state index contributed by atoms with van der Waals surface area (Å²) in [5.41, 5.74) is 6.10. The molecular weight excluding hydrogens is 468 g/mol. The van der Waals surface area contributed by atoms with Crippen LogP contribution in [0.25, 0.3) is 0 Å². The van der Waals surface area contributed by atoms with Crippen LogP contribution in [0.1, 0.15) is 44.7 Å². The van der Waals surface area contributed by atoms with E-state index >= 15 is 0 Å². The molecule has 0 bridgehead atoms. The molecule has 37 heavy (non-hydrogen) atoms. The monoisotopic (exact) mass is 508 g/mol. The van der Waals surface area contributed by atoms with Gasteiger partial charge >= 0.3 is 0 Å². The Morgan fingerprint density at radius 3 is 2.27 bits per heavy atom. The minimum atomic E-state index is -1.15. The molecule has 2 atom stereocenters. The van der Waals surface area contributed by atoms with Crippen molar-refractivity contribution in [1.82, 2.24) is 15.5 Å². The van der Waals surface area contributed by atoms with E-state index in [0.717, 1.165) is 11.1 Å². The summed E-state index contributed by atoms with van der Waals surface area (Å²) >= 11 is 0. The molecule has 1 fully saturated rings. The number of amides is 3. The second-order valence-corrected chi connectivity index (χ2v) is 10.4. The molecule has 0 aliphatic carbocycles. The first-order valence-corrected chi connectivity index (χ1v) is 13.0. The van der Waals surface area contributed by atoms with Gasteiger partial charge in [-0.05, 0) is 51.2 Å². The number of piperidine rings is 1. The zero-order valence-electron chi connectivity index (χ0n) is 22.2. The largest absolute Gasteiger partial charge is 0.374 e. The maximum atomic E-state index is 13.8. The molecular formula is C29H40N4O4. The van der Waals surface area contributed by atoms with Crippen LogP contribution in [0.3, 0.4) is 0 Å². The van der Waals surface area contributed by atoms with Crippen molar-refractivity contribution < 1.29 is 19.1 Å². The molecule has 2 unspecified atom stereocenters. The predicted molar refractivity (Wildman–Crippen MR) is 143 cm³/mol. The van der Waals surface area contributed by atoms with E-state index in [1.165, 1.54) is 0 Å². The molecule has 0 radical (unpaired) electrons. The average Bonchev–Trinajstić information content (AvgIpc) is 2.88. The summed E-state index contributed by atoms with van der Waals surface area (Å²) in [5.74, 6) is -0.766. The summed E-state index contributed by atoms with van der Waals surface area (Å²) in [7, 11) is 0. The van der Waals surface area contributed by atoms with Crippen molar-refractivity contribution >= 4 is 17.7 Å². The summed E-state index contributed by atoms with van der Waals surface area (Å²) in [6.07, 6.45) is 1.89. The number of ether oxygens (including phenoxy) is 1. The highest BCUT2D eigenvalue weighted by atomic mass is 16.5. The number of rotatable bonds is 11. The Morgan fingerprint density at radius 1 is 1.05 bits per heavy atom. The maximum Gasteiger partial charge on any atom is 0.247 e. The first-order chi connectivity index (χ1) is 17.6. The zero-order chi connectivity index (χ0) is 26.9. The summed E-state index contributed by atoms with van der Waals surface area (Å²) in [6, 6.07) is 18.6. The molecule has 1 aliphatic heterocycles. The number of likely N-dealkylation sites (tertiary alicyclic amines) is 1. The summed E-state index contributed by atoms with van der Waals surface area (Å²) < 4.78 is 5.86. The number of nitrogens with one attached hydrogen (secondary N) is 2. The molecule has 0 aromatic heterocycles. The fraction of sp³-hybridized carbons (Fsp3) is 0.483. The standard InChI is InChI=1S/C29H40N4O4/c1-4-31-27(36)29(18-22-12-7-5-8-13-22)16-11-17-33(21-29)25(34)24(32-26(35)28(2,3)30)20-37-19-23-14-9-6-10-15-23/h5-10,12-15,24H,4,11,16-21,30H2,1-3H3,(H,31,36)(H,32,35). The molecule has 3 amide bonds. The van der Waals surface area contributed by atoms with E-state index in [1.54, 1.807) is 18.7 Å². The van der Waals surface area contributed by atoms with Crippen LogP contribution in [0.4, 0.5) is 0 Å². The van der Waals surface area contributed by atoms with E-state index < -0.39 is 22.9 Å². The van der Waals surface area contributed by atoms with Crippen molar-refractivity contribution in [2.45, 2.75) is 58.2 Å². The van der Waals surface area contributed by atoms with E-state index in [0.29, 0.717) is 39.0 Å². The topological polar surface area (TPSA) is 114 Å². The van der Waals surface area contributed by atoms with Gasteiger partial charge in [-0.3, -0.25) is 14.4 Å². The quantitative estimate of drug-likeness (QED) is 0.431. The van der Waals surface area contributed by atoms with Gasteiger partial charge in [0.1, 0.15) is 6.04 Å². The van der Waals surface area contributed by atoms with Gasteiger partial charge in [0.05, 0.1) is 24.2 Å². The number of benzene rings is 2. The minimum absolute atomic E-state index is 0.00110. The highest BCUT2D eigenvalue weighted by Gasteiger charge is 2.44. The molecule has 8 nitrogen and oxygen atoms in total. The van der Waals surface area contributed by atoms with Crippen LogP contribution in [0.5, 0.6) is 0 Å². The smallest absolute Gasteiger partial charge is 0.247 e. The molecule has 200 valence electrons. The number of hydrogen-bond acceptors (Lipinski definition) is 5. The number of nitrogens with zero attached hydrogens (tertiary/aromatic N) is 1. The third-order valence-electron chi connectivity index (χ3n) is 6.68. The van der Waals surface area contributed by atoms with Gasteiger partial charge in [-0.1, -0.05) is 60.7 Å². The Labute approximate surface area is 219 Å². The van der Waals surface area contributed by atoms with E-state index in [9.17, 15) is 14.4 Å². The van der Waals surface area contributed by atoms with Crippen LogP contribution in [0.15, 0.2) is 60.7 Å². The third kappa shape index (κ3) is 7.87. The van der Waals surface area contributed by atoms with Gasteiger partial charge in [-0.25, -0.2) is 0 Å². The third-order valence-corrected chi connectivity index (χ3v) is 6.68. The Bertz CT molecular complexity index is 1040. The van der Waals surface area contributed by atoms with Crippen LogP contribution in [-0.2, 0) is 32.1 Å². The summed E-state index contributed by atoms with van der Waals surface area (Å²) in [6.45, 7) is 6.67. The predicted octanol–water partition coefficient (Wildman–Crippen LogP) is 2.41. The molecule has 1 aliphatic rings. The summed E-state index contributed by atoms with van der Waals surface area (Å²) in [5, 5.41) is 5.77. The summed E-state index contributed by atoms with van der Waals surface area (Å²) in [4.78, 5) is 41.6. The lowest BCUT2D eigenvalue weighted by molar-refractivity contribution is -0.146. The highest BCUT2D eigenvalue weighted by molar-refractivity contribution is 5.92. The van der Waals surface area contributed by atoms with Gasteiger partial charge in [0.25, 0.3) is 0 Å². The Hall–Kier alpha value is -3.23. The second kappa shape index (κ2) is 12.8. The first kappa shape index (κ1) is 28.3. The fourth-order valence-electron chi connectivity index (χ4n) is 4.67. The lowest BCUT2D eigenvalue weighted by Gasteiger charge is -2.43. The van der Waals surface area contributed by atoms with Gasteiger partial charge in [-0.2, -0.15) is 0 Å². The number of carbonyl (C=O) groups is 3. The second-order valence-electron chi connectivity index (χ2n) is 10.4. The molecule has 0 saturated carbocycles. The SMILES string of the molecule is CCNC(=O)C1(Cc2ccccc2)CCCN(C(=O)C(COCc2ccccc2)NC(=O)C(C)(C)N)C1. The van der Waals surface area contributed by atoms with Gasteiger partial charge in [0.2, 0.25) is 17.7 Å². The molecule has 8 heteroatoms. The Kier molecular flexibility index (Phi) is 9.83. The lowest BCUT2D eigenvalue weighted by atomic mass is 9.74. The number of carbonyl (C=O) groups excluding carboxylic acids is 3. The maximum absolute atomic E-state index is 13.8.